The SMILES string of the molecule is O=C=Nc1ccc(C2CCCCC2)cc1Cc1cc(C2CCCCC2)ccc1N=C=O. The van der Waals surface area contributed by atoms with Crippen molar-refractivity contribution >= 4 is 23.5 Å². The first-order valence-corrected chi connectivity index (χ1v) is 11.7. The van der Waals surface area contributed by atoms with Crippen molar-refractivity contribution in [2.75, 3.05) is 0 Å². The Morgan fingerprint density at radius 2 is 1.06 bits per heavy atom. The van der Waals surface area contributed by atoms with E-state index in [9.17, 15) is 9.59 Å². The first kappa shape index (κ1) is 21.4. The molecule has 0 amide bonds. The third-order valence-electron chi connectivity index (χ3n) is 7.07. The van der Waals surface area contributed by atoms with Gasteiger partial charge in [-0.05, 0) is 71.9 Å². The fraction of sp³-hybridized carbons (Fsp3) is 0.481. The molecule has 2 aromatic carbocycles. The third-order valence-corrected chi connectivity index (χ3v) is 7.07. The summed E-state index contributed by atoms with van der Waals surface area (Å²) in [4.78, 5) is 30.0. The average Bonchev–Trinajstić information content (AvgIpc) is 2.83. The predicted molar refractivity (Wildman–Crippen MR) is 123 cm³/mol. The molecule has 4 heteroatoms. The highest BCUT2D eigenvalue weighted by Gasteiger charge is 2.19. The van der Waals surface area contributed by atoms with Crippen molar-refractivity contribution in [3.05, 3.63) is 58.7 Å². The summed E-state index contributed by atoms with van der Waals surface area (Å²) >= 11 is 0. The van der Waals surface area contributed by atoms with Crippen LogP contribution in [-0.2, 0) is 16.0 Å². The van der Waals surface area contributed by atoms with Gasteiger partial charge in [0.05, 0.1) is 11.4 Å². The van der Waals surface area contributed by atoms with Crippen LogP contribution in [0.25, 0.3) is 0 Å². The maximum atomic E-state index is 11.0. The monoisotopic (exact) mass is 414 g/mol. The molecule has 0 aliphatic heterocycles. The number of rotatable bonds is 6. The second-order valence-corrected chi connectivity index (χ2v) is 9.03. The molecule has 0 bridgehead atoms. The van der Waals surface area contributed by atoms with E-state index in [2.05, 4.69) is 34.3 Å². The van der Waals surface area contributed by atoms with Crippen molar-refractivity contribution < 1.29 is 9.59 Å². The van der Waals surface area contributed by atoms with Crippen LogP contribution in [0.15, 0.2) is 46.4 Å². The normalized spacial score (nSPS) is 17.5. The van der Waals surface area contributed by atoms with Crippen molar-refractivity contribution in [2.24, 2.45) is 9.98 Å². The summed E-state index contributed by atoms with van der Waals surface area (Å²) in [5, 5.41) is 0. The molecule has 4 rings (SSSR count). The number of aliphatic imine (C=N–C) groups is 2. The lowest BCUT2D eigenvalue weighted by molar-refractivity contribution is 0.443. The van der Waals surface area contributed by atoms with Crippen LogP contribution < -0.4 is 0 Å². The molecule has 0 heterocycles. The number of isocyanates is 2. The van der Waals surface area contributed by atoms with Crippen LogP contribution in [0.2, 0.25) is 0 Å². The fourth-order valence-electron chi connectivity index (χ4n) is 5.40. The molecule has 0 aromatic heterocycles. The minimum atomic E-state index is 0.572. The fourth-order valence-corrected chi connectivity index (χ4v) is 5.40. The molecular formula is C27H30N2O2. The molecule has 0 unspecified atom stereocenters. The van der Waals surface area contributed by atoms with Crippen molar-refractivity contribution in [2.45, 2.75) is 82.5 Å². The molecule has 0 radical (unpaired) electrons. The molecule has 2 fully saturated rings. The number of nitrogens with zero attached hydrogens (tertiary/aromatic N) is 2. The van der Waals surface area contributed by atoms with E-state index in [1.54, 1.807) is 12.2 Å². The summed E-state index contributed by atoms with van der Waals surface area (Å²) in [6, 6.07) is 12.5. The van der Waals surface area contributed by atoms with Gasteiger partial charge in [0.1, 0.15) is 0 Å². The van der Waals surface area contributed by atoms with Gasteiger partial charge in [-0.3, -0.25) is 0 Å². The van der Waals surface area contributed by atoms with Gasteiger partial charge in [-0.25, -0.2) is 9.59 Å². The summed E-state index contributed by atoms with van der Waals surface area (Å²) in [6.45, 7) is 0. The third kappa shape index (κ3) is 5.28. The van der Waals surface area contributed by atoms with Gasteiger partial charge >= 0.3 is 0 Å². The van der Waals surface area contributed by atoms with Crippen LogP contribution in [-0.4, -0.2) is 12.2 Å². The number of hydrogen-bond donors (Lipinski definition) is 0. The average molecular weight is 415 g/mol. The van der Waals surface area contributed by atoms with Crippen LogP contribution in [0.3, 0.4) is 0 Å². The van der Waals surface area contributed by atoms with E-state index in [0.717, 1.165) is 11.1 Å². The first-order valence-electron chi connectivity index (χ1n) is 11.7. The van der Waals surface area contributed by atoms with Gasteiger partial charge in [-0.2, -0.15) is 9.98 Å². The summed E-state index contributed by atoms with van der Waals surface area (Å²) < 4.78 is 0. The van der Waals surface area contributed by atoms with E-state index in [0.29, 0.717) is 29.6 Å². The second kappa shape index (κ2) is 10.5. The lowest BCUT2D eigenvalue weighted by atomic mass is 9.82. The topological polar surface area (TPSA) is 58.9 Å². The van der Waals surface area contributed by atoms with Gasteiger partial charge in [0.2, 0.25) is 12.2 Å². The number of benzene rings is 2. The van der Waals surface area contributed by atoms with Crippen molar-refractivity contribution in [3.8, 4) is 0 Å². The largest absolute Gasteiger partial charge is 0.240 e. The zero-order valence-electron chi connectivity index (χ0n) is 18.1. The molecule has 160 valence electrons. The van der Waals surface area contributed by atoms with Gasteiger partial charge in [-0.15, -0.1) is 0 Å². The summed E-state index contributed by atoms with van der Waals surface area (Å²) in [5.41, 5.74) is 5.94. The molecule has 2 aliphatic rings. The van der Waals surface area contributed by atoms with Gasteiger partial charge in [0.25, 0.3) is 0 Å². The number of hydrogen-bond acceptors (Lipinski definition) is 4. The van der Waals surface area contributed by atoms with Gasteiger partial charge in [-0.1, -0.05) is 62.8 Å². The van der Waals surface area contributed by atoms with Crippen LogP contribution in [0.5, 0.6) is 0 Å². The van der Waals surface area contributed by atoms with Crippen LogP contribution >= 0.6 is 0 Å². The lowest BCUT2D eigenvalue weighted by Crippen LogP contribution is -2.06. The Balaban J connectivity index is 1.70. The van der Waals surface area contributed by atoms with Crippen molar-refractivity contribution in [1.82, 2.24) is 0 Å². The summed E-state index contributed by atoms with van der Waals surface area (Å²) in [7, 11) is 0. The lowest BCUT2D eigenvalue weighted by Gasteiger charge is -2.24. The van der Waals surface area contributed by atoms with Gasteiger partial charge in [0, 0.05) is 6.42 Å². The highest BCUT2D eigenvalue weighted by atomic mass is 16.1. The highest BCUT2D eigenvalue weighted by molar-refractivity contribution is 5.60. The Hall–Kier alpha value is -2.80. The predicted octanol–water partition coefficient (Wildman–Crippen LogP) is 7.31. The standard InChI is InChI=1S/C27H30N2O2/c30-18-28-26-13-11-22(20-7-3-1-4-8-20)15-24(26)17-25-16-23(12-14-27(25)29-19-31)21-9-5-2-6-10-21/h11-16,20-21H,1-10,17H2. The van der Waals surface area contributed by atoms with Crippen LogP contribution in [0, 0.1) is 0 Å². The molecule has 2 aliphatic carbocycles. The Labute approximate surface area is 184 Å². The van der Waals surface area contributed by atoms with Crippen LogP contribution in [0.1, 0.15) is 98.3 Å². The minimum absolute atomic E-state index is 0.572. The zero-order valence-corrected chi connectivity index (χ0v) is 18.1. The molecule has 31 heavy (non-hydrogen) atoms. The van der Waals surface area contributed by atoms with Gasteiger partial charge in [0.15, 0.2) is 0 Å². The molecule has 2 aromatic rings. The zero-order chi connectivity index (χ0) is 21.5. The van der Waals surface area contributed by atoms with E-state index in [-0.39, 0.29) is 0 Å². The molecular weight excluding hydrogens is 384 g/mol. The Morgan fingerprint density at radius 1 is 0.645 bits per heavy atom. The molecule has 2 saturated carbocycles. The van der Waals surface area contributed by atoms with E-state index in [4.69, 9.17) is 0 Å². The maximum absolute atomic E-state index is 11.0. The van der Waals surface area contributed by atoms with Gasteiger partial charge < -0.3 is 0 Å². The van der Waals surface area contributed by atoms with E-state index >= 15 is 0 Å². The molecule has 0 atom stereocenters. The van der Waals surface area contributed by atoms with Crippen LogP contribution in [0.4, 0.5) is 11.4 Å². The molecule has 0 saturated heterocycles. The smallest absolute Gasteiger partial charge is 0.211 e. The first-order chi connectivity index (χ1) is 15.3. The van der Waals surface area contributed by atoms with E-state index < -0.39 is 0 Å². The molecule has 4 nitrogen and oxygen atoms in total. The second-order valence-electron chi connectivity index (χ2n) is 9.03. The minimum Gasteiger partial charge on any atom is -0.211 e. The maximum Gasteiger partial charge on any atom is 0.240 e. The summed E-state index contributed by atoms with van der Waals surface area (Å²) in [6.07, 6.45) is 16.6. The van der Waals surface area contributed by atoms with Crippen molar-refractivity contribution in [1.29, 1.82) is 0 Å². The quantitative estimate of drug-likeness (QED) is 0.367. The van der Waals surface area contributed by atoms with E-state index in [1.807, 2.05) is 12.1 Å². The Morgan fingerprint density at radius 3 is 1.45 bits per heavy atom. The molecule has 0 N–H and O–H groups in total. The molecule has 0 spiro atoms. The highest BCUT2D eigenvalue weighted by Crippen LogP contribution is 2.38. The van der Waals surface area contributed by atoms with E-state index in [1.165, 1.54) is 75.3 Å². The Kier molecular flexibility index (Phi) is 7.25. The number of carbonyl (C=O) groups excluding carboxylic acids is 2. The summed E-state index contributed by atoms with van der Waals surface area (Å²) in [5.74, 6) is 1.14. The van der Waals surface area contributed by atoms with Crippen molar-refractivity contribution in [3.63, 3.8) is 0 Å². The Bertz CT molecular complexity index is 922.